The molecule has 0 saturated carbocycles. The van der Waals surface area contributed by atoms with Gasteiger partial charge in [-0.2, -0.15) is 0 Å². The van der Waals surface area contributed by atoms with Gasteiger partial charge in [-0.05, 0) is 18.1 Å². The zero-order chi connectivity index (χ0) is 11.8. The van der Waals surface area contributed by atoms with Crippen LogP contribution in [0.15, 0.2) is 24.3 Å². The Morgan fingerprint density at radius 3 is 2.44 bits per heavy atom. The summed E-state index contributed by atoms with van der Waals surface area (Å²) in [4.78, 5) is 0. The van der Waals surface area contributed by atoms with Crippen LogP contribution in [0.5, 0.6) is 0 Å². The summed E-state index contributed by atoms with van der Waals surface area (Å²) >= 11 is 0. The first-order valence-electron chi connectivity index (χ1n) is 5.56. The molecule has 0 aliphatic carbocycles. The van der Waals surface area contributed by atoms with Crippen LogP contribution >= 0.6 is 0 Å². The first-order chi connectivity index (χ1) is 7.77. The van der Waals surface area contributed by atoms with Gasteiger partial charge in [-0.15, -0.1) is 0 Å². The topological polar surface area (TPSA) is 30.5 Å². The van der Waals surface area contributed by atoms with Crippen molar-refractivity contribution < 1.29 is 9.47 Å². The number of nitrogens with one attached hydrogen (secondary N) is 1. The van der Waals surface area contributed by atoms with E-state index >= 15 is 0 Å². The van der Waals surface area contributed by atoms with Crippen molar-refractivity contribution in [2.75, 3.05) is 20.8 Å². The molecule has 3 heteroatoms. The Morgan fingerprint density at radius 1 is 1.12 bits per heavy atom. The fraction of sp³-hybridized carbons (Fsp3) is 0.538. The van der Waals surface area contributed by atoms with Gasteiger partial charge in [-0.3, -0.25) is 0 Å². The number of hydrogen-bond donors (Lipinski definition) is 1. The van der Waals surface area contributed by atoms with Gasteiger partial charge in [0.25, 0.3) is 0 Å². The average Bonchev–Trinajstić information content (AvgIpc) is 2.29. The summed E-state index contributed by atoms with van der Waals surface area (Å²) in [6.45, 7) is 4.36. The molecule has 16 heavy (non-hydrogen) atoms. The van der Waals surface area contributed by atoms with Crippen LogP contribution in [-0.4, -0.2) is 26.9 Å². The van der Waals surface area contributed by atoms with E-state index in [4.69, 9.17) is 9.47 Å². The van der Waals surface area contributed by atoms with E-state index in [2.05, 4.69) is 30.4 Å². The van der Waals surface area contributed by atoms with E-state index in [9.17, 15) is 0 Å². The third kappa shape index (κ3) is 4.31. The van der Waals surface area contributed by atoms with Crippen LogP contribution in [0, 0.1) is 0 Å². The Hall–Kier alpha value is -0.900. The van der Waals surface area contributed by atoms with Crippen LogP contribution in [-0.2, 0) is 22.6 Å². The minimum absolute atomic E-state index is 0.362. The van der Waals surface area contributed by atoms with Crippen LogP contribution in [0.2, 0.25) is 0 Å². The molecule has 1 N–H and O–H groups in total. The molecule has 0 radical (unpaired) electrons. The third-order valence-electron chi connectivity index (χ3n) is 2.48. The zero-order valence-corrected chi connectivity index (χ0v) is 10.3. The maximum Gasteiger partial charge on any atom is 0.0716 e. The number of rotatable bonds is 7. The van der Waals surface area contributed by atoms with Gasteiger partial charge in [0.15, 0.2) is 0 Å². The fourth-order valence-corrected chi connectivity index (χ4v) is 1.62. The molecule has 0 aromatic heterocycles. The molecule has 0 saturated heterocycles. The largest absolute Gasteiger partial charge is 0.383 e. The van der Waals surface area contributed by atoms with Gasteiger partial charge < -0.3 is 14.8 Å². The smallest absolute Gasteiger partial charge is 0.0716 e. The van der Waals surface area contributed by atoms with Crippen molar-refractivity contribution in [3.63, 3.8) is 0 Å². The maximum absolute atomic E-state index is 5.17. The van der Waals surface area contributed by atoms with Crippen LogP contribution in [0.25, 0.3) is 0 Å². The fourth-order valence-electron chi connectivity index (χ4n) is 1.62. The second-order valence-corrected chi connectivity index (χ2v) is 3.94. The van der Waals surface area contributed by atoms with Gasteiger partial charge in [-0.25, -0.2) is 0 Å². The molecular formula is C13H21NO2. The van der Waals surface area contributed by atoms with Gasteiger partial charge in [0.2, 0.25) is 0 Å². The summed E-state index contributed by atoms with van der Waals surface area (Å²) in [5.74, 6) is 0. The zero-order valence-electron chi connectivity index (χ0n) is 10.3. The van der Waals surface area contributed by atoms with E-state index in [0.717, 1.165) is 13.2 Å². The number of benzene rings is 1. The molecule has 1 aromatic rings. The van der Waals surface area contributed by atoms with E-state index in [0.29, 0.717) is 12.6 Å². The van der Waals surface area contributed by atoms with Gasteiger partial charge in [0.1, 0.15) is 0 Å². The molecule has 0 heterocycles. The van der Waals surface area contributed by atoms with Crippen molar-refractivity contribution in [2.45, 2.75) is 26.1 Å². The molecular weight excluding hydrogens is 202 g/mol. The Balaban J connectivity index is 2.52. The quantitative estimate of drug-likeness (QED) is 0.766. The summed E-state index contributed by atoms with van der Waals surface area (Å²) in [6, 6.07) is 8.68. The first-order valence-corrected chi connectivity index (χ1v) is 5.56. The van der Waals surface area contributed by atoms with E-state index in [1.165, 1.54) is 11.1 Å². The first kappa shape index (κ1) is 13.2. The van der Waals surface area contributed by atoms with Gasteiger partial charge in [0.05, 0.1) is 13.2 Å². The maximum atomic E-state index is 5.17. The molecule has 1 unspecified atom stereocenters. The lowest BCUT2D eigenvalue weighted by Crippen LogP contribution is -2.29. The SMILES string of the molecule is COCc1ccccc1CNC(C)COC. The summed E-state index contributed by atoms with van der Waals surface area (Å²) in [5.41, 5.74) is 2.52. The van der Waals surface area contributed by atoms with Crippen molar-refractivity contribution in [2.24, 2.45) is 0 Å². The molecule has 0 aliphatic heterocycles. The Kier molecular flexibility index (Phi) is 6.08. The summed E-state index contributed by atoms with van der Waals surface area (Å²) in [6.07, 6.45) is 0. The standard InChI is InChI=1S/C13H21NO2/c1-11(9-15-2)14-8-12-6-4-5-7-13(12)10-16-3/h4-7,11,14H,8-10H2,1-3H3. The highest BCUT2D eigenvalue weighted by Gasteiger charge is 2.04. The Bertz CT molecular complexity index is 302. The third-order valence-corrected chi connectivity index (χ3v) is 2.48. The van der Waals surface area contributed by atoms with E-state index in [-0.39, 0.29) is 0 Å². The minimum atomic E-state index is 0.362. The average molecular weight is 223 g/mol. The second kappa shape index (κ2) is 7.39. The predicted molar refractivity (Wildman–Crippen MR) is 65.3 cm³/mol. The van der Waals surface area contributed by atoms with Crippen molar-refractivity contribution in [1.29, 1.82) is 0 Å². The minimum Gasteiger partial charge on any atom is -0.383 e. The van der Waals surface area contributed by atoms with Crippen LogP contribution in [0.4, 0.5) is 0 Å². The van der Waals surface area contributed by atoms with Gasteiger partial charge in [0, 0.05) is 26.8 Å². The van der Waals surface area contributed by atoms with Crippen molar-refractivity contribution in [3.8, 4) is 0 Å². The summed E-state index contributed by atoms with van der Waals surface area (Å²) in [5, 5.41) is 3.42. The molecule has 0 fully saturated rings. The van der Waals surface area contributed by atoms with Gasteiger partial charge in [-0.1, -0.05) is 24.3 Å². The molecule has 3 nitrogen and oxygen atoms in total. The van der Waals surface area contributed by atoms with E-state index < -0.39 is 0 Å². The highest BCUT2D eigenvalue weighted by atomic mass is 16.5. The summed E-state index contributed by atoms with van der Waals surface area (Å²) in [7, 11) is 3.44. The van der Waals surface area contributed by atoms with E-state index in [1.807, 2.05) is 6.07 Å². The molecule has 0 spiro atoms. The van der Waals surface area contributed by atoms with Crippen LogP contribution in [0.3, 0.4) is 0 Å². The molecule has 0 amide bonds. The Morgan fingerprint density at radius 2 is 1.81 bits per heavy atom. The van der Waals surface area contributed by atoms with Crippen LogP contribution in [0.1, 0.15) is 18.1 Å². The second-order valence-electron chi connectivity index (χ2n) is 3.94. The van der Waals surface area contributed by atoms with E-state index in [1.54, 1.807) is 14.2 Å². The highest BCUT2D eigenvalue weighted by molar-refractivity contribution is 5.26. The lowest BCUT2D eigenvalue weighted by Gasteiger charge is -2.14. The molecule has 0 aliphatic rings. The van der Waals surface area contributed by atoms with Crippen LogP contribution < -0.4 is 5.32 Å². The number of methoxy groups -OCH3 is 2. The van der Waals surface area contributed by atoms with Crippen molar-refractivity contribution >= 4 is 0 Å². The number of hydrogen-bond acceptors (Lipinski definition) is 3. The lowest BCUT2D eigenvalue weighted by molar-refractivity contribution is 0.170. The summed E-state index contributed by atoms with van der Waals surface area (Å²) < 4.78 is 10.3. The monoisotopic (exact) mass is 223 g/mol. The van der Waals surface area contributed by atoms with Crippen molar-refractivity contribution in [3.05, 3.63) is 35.4 Å². The molecule has 1 atom stereocenters. The van der Waals surface area contributed by atoms with Gasteiger partial charge >= 0.3 is 0 Å². The number of ether oxygens (including phenoxy) is 2. The molecule has 1 aromatic carbocycles. The molecule has 0 bridgehead atoms. The predicted octanol–water partition coefficient (Wildman–Crippen LogP) is 1.96. The Labute approximate surface area is 97.8 Å². The molecule has 1 rings (SSSR count). The highest BCUT2D eigenvalue weighted by Crippen LogP contribution is 2.09. The molecule has 90 valence electrons. The lowest BCUT2D eigenvalue weighted by atomic mass is 10.1. The normalized spacial score (nSPS) is 12.7. The van der Waals surface area contributed by atoms with Crippen molar-refractivity contribution in [1.82, 2.24) is 5.32 Å².